The van der Waals surface area contributed by atoms with Crippen LogP contribution in [0, 0.1) is 0 Å². The van der Waals surface area contributed by atoms with E-state index in [1.807, 2.05) is 12.1 Å². The summed E-state index contributed by atoms with van der Waals surface area (Å²) in [5.74, 6) is 2.40. The van der Waals surface area contributed by atoms with Gasteiger partial charge in [0.05, 0.1) is 7.11 Å². The summed E-state index contributed by atoms with van der Waals surface area (Å²) in [6, 6.07) is 3.86. The second kappa shape index (κ2) is 5.07. The largest absolute Gasteiger partial charge is 0.496 e. The van der Waals surface area contributed by atoms with Gasteiger partial charge in [-0.2, -0.15) is 0 Å². The monoisotopic (exact) mass is 223 g/mol. The minimum Gasteiger partial charge on any atom is -0.496 e. The van der Waals surface area contributed by atoms with Crippen molar-refractivity contribution >= 4 is 0 Å². The first-order valence-electron chi connectivity index (χ1n) is 5.52. The van der Waals surface area contributed by atoms with Crippen LogP contribution < -0.4 is 19.5 Å². The lowest BCUT2D eigenvalue weighted by Crippen LogP contribution is -2.14. The Morgan fingerprint density at radius 3 is 2.75 bits per heavy atom. The van der Waals surface area contributed by atoms with E-state index in [4.69, 9.17) is 14.2 Å². The molecular formula is C12H17NO3. The van der Waals surface area contributed by atoms with E-state index in [1.165, 1.54) is 0 Å². The van der Waals surface area contributed by atoms with Gasteiger partial charge in [0.2, 0.25) is 6.79 Å². The Labute approximate surface area is 95.5 Å². The number of hydrogen-bond acceptors (Lipinski definition) is 4. The molecule has 0 amide bonds. The van der Waals surface area contributed by atoms with E-state index in [2.05, 4.69) is 12.2 Å². The molecule has 0 fully saturated rings. The SMILES string of the molecule is CCCNCc1cc2c(cc1OC)OCO2. The minimum absolute atomic E-state index is 0.296. The predicted octanol–water partition coefficient (Wildman–Crippen LogP) is 1.92. The molecule has 2 rings (SSSR count). The average molecular weight is 223 g/mol. The topological polar surface area (TPSA) is 39.7 Å². The van der Waals surface area contributed by atoms with Crippen molar-refractivity contribution in [2.24, 2.45) is 0 Å². The maximum absolute atomic E-state index is 5.34. The van der Waals surface area contributed by atoms with Crippen LogP contribution in [0.4, 0.5) is 0 Å². The highest BCUT2D eigenvalue weighted by Gasteiger charge is 2.17. The quantitative estimate of drug-likeness (QED) is 0.774. The third-order valence-corrected chi connectivity index (χ3v) is 2.52. The molecule has 1 N–H and O–H groups in total. The summed E-state index contributed by atoms with van der Waals surface area (Å²) in [7, 11) is 1.67. The molecule has 1 heterocycles. The van der Waals surface area contributed by atoms with E-state index in [-0.39, 0.29) is 0 Å². The van der Waals surface area contributed by atoms with E-state index in [1.54, 1.807) is 7.11 Å². The van der Waals surface area contributed by atoms with Crippen LogP contribution in [0.1, 0.15) is 18.9 Å². The summed E-state index contributed by atoms with van der Waals surface area (Å²) in [5.41, 5.74) is 1.10. The van der Waals surface area contributed by atoms with E-state index in [0.29, 0.717) is 6.79 Å². The summed E-state index contributed by atoms with van der Waals surface area (Å²) in [6.45, 7) is 4.22. The minimum atomic E-state index is 0.296. The first-order valence-corrected chi connectivity index (χ1v) is 5.52. The standard InChI is InChI=1S/C12H17NO3/c1-3-4-13-7-9-5-11-12(16-8-15-11)6-10(9)14-2/h5-6,13H,3-4,7-8H2,1-2H3. The van der Waals surface area contributed by atoms with Crippen LogP contribution in [0.2, 0.25) is 0 Å². The molecule has 0 unspecified atom stereocenters. The predicted molar refractivity (Wildman–Crippen MR) is 61.1 cm³/mol. The molecule has 1 aliphatic heterocycles. The molecule has 88 valence electrons. The maximum Gasteiger partial charge on any atom is 0.231 e. The van der Waals surface area contributed by atoms with Gasteiger partial charge in [0, 0.05) is 18.2 Å². The van der Waals surface area contributed by atoms with Crippen LogP contribution in [0.15, 0.2) is 12.1 Å². The molecule has 1 aromatic carbocycles. The number of rotatable bonds is 5. The third-order valence-electron chi connectivity index (χ3n) is 2.52. The number of methoxy groups -OCH3 is 1. The van der Waals surface area contributed by atoms with Gasteiger partial charge in [-0.05, 0) is 19.0 Å². The van der Waals surface area contributed by atoms with Crippen LogP contribution in [0.3, 0.4) is 0 Å². The summed E-state index contributed by atoms with van der Waals surface area (Å²) in [5, 5.41) is 3.34. The molecule has 0 atom stereocenters. The fourth-order valence-corrected chi connectivity index (χ4v) is 1.69. The molecule has 4 heteroatoms. The Morgan fingerprint density at radius 1 is 1.31 bits per heavy atom. The van der Waals surface area contributed by atoms with Crippen molar-refractivity contribution in [3.8, 4) is 17.2 Å². The number of fused-ring (bicyclic) bond motifs is 1. The molecule has 0 spiro atoms. The van der Waals surface area contributed by atoms with Gasteiger partial charge in [-0.15, -0.1) is 0 Å². The highest BCUT2D eigenvalue weighted by Crippen LogP contribution is 2.37. The second-order valence-electron chi connectivity index (χ2n) is 3.69. The lowest BCUT2D eigenvalue weighted by Gasteiger charge is -2.10. The van der Waals surface area contributed by atoms with Gasteiger partial charge in [0.1, 0.15) is 5.75 Å². The van der Waals surface area contributed by atoms with Gasteiger partial charge in [-0.3, -0.25) is 0 Å². The van der Waals surface area contributed by atoms with Crippen molar-refractivity contribution in [2.75, 3.05) is 20.4 Å². The van der Waals surface area contributed by atoms with E-state index in [0.717, 1.165) is 42.3 Å². The Bertz CT molecular complexity index is 366. The zero-order chi connectivity index (χ0) is 11.4. The highest BCUT2D eigenvalue weighted by atomic mass is 16.7. The smallest absolute Gasteiger partial charge is 0.231 e. The molecule has 0 bridgehead atoms. The number of benzene rings is 1. The Hall–Kier alpha value is -1.42. The van der Waals surface area contributed by atoms with Crippen LogP contribution in [-0.2, 0) is 6.54 Å². The van der Waals surface area contributed by atoms with Gasteiger partial charge >= 0.3 is 0 Å². The fourth-order valence-electron chi connectivity index (χ4n) is 1.69. The van der Waals surface area contributed by atoms with Crippen LogP contribution >= 0.6 is 0 Å². The van der Waals surface area contributed by atoms with Crippen LogP contribution in [-0.4, -0.2) is 20.4 Å². The average Bonchev–Trinajstić information content (AvgIpc) is 2.75. The molecule has 0 aliphatic carbocycles. The molecule has 4 nitrogen and oxygen atoms in total. The number of ether oxygens (including phenoxy) is 3. The molecule has 0 saturated carbocycles. The first-order chi connectivity index (χ1) is 7.85. The van der Waals surface area contributed by atoms with Gasteiger partial charge in [-0.1, -0.05) is 6.92 Å². The van der Waals surface area contributed by atoms with Gasteiger partial charge in [0.15, 0.2) is 11.5 Å². The van der Waals surface area contributed by atoms with Crippen molar-refractivity contribution in [1.29, 1.82) is 0 Å². The molecule has 16 heavy (non-hydrogen) atoms. The zero-order valence-corrected chi connectivity index (χ0v) is 9.71. The van der Waals surface area contributed by atoms with Crippen molar-refractivity contribution in [1.82, 2.24) is 5.32 Å². The molecule has 0 aromatic heterocycles. The van der Waals surface area contributed by atoms with Gasteiger partial charge in [-0.25, -0.2) is 0 Å². The molecule has 0 saturated heterocycles. The van der Waals surface area contributed by atoms with Crippen LogP contribution in [0.5, 0.6) is 17.2 Å². The lowest BCUT2D eigenvalue weighted by atomic mass is 10.1. The fraction of sp³-hybridized carbons (Fsp3) is 0.500. The van der Waals surface area contributed by atoms with Crippen molar-refractivity contribution < 1.29 is 14.2 Å². The number of hydrogen-bond donors (Lipinski definition) is 1. The van der Waals surface area contributed by atoms with Crippen LogP contribution in [0.25, 0.3) is 0 Å². The summed E-state index contributed by atoms with van der Waals surface area (Å²) >= 11 is 0. The highest BCUT2D eigenvalue weighted by molar-refractivity contribution is 5.51. The maximum atomic E-state index is 5.34. The third kappa shape index (κ3) is 2.22. The Kier molecular flexibility index (Phi) is 3.51. The summed E-state index contributed by atoms with van der Waals surface area (Å²) in [4.78, 5) is 0. The van der Waals surface area contributed by atoms with Crippen molar-refractivity contribution in [3.05, 3.63) is 17.7 Å². The van der Waals surface area contributed by atoms with Crippen molar-refractivity contribution in [2.45, 2.75) is 19.9 Å². The van der Waals surface area contributed by atoms with E-state index in [9.17, 15) is 0 Å². The number of nitrogens with one attached hydrogen (secondary N) is 1. The van der Waals surface area contributed by atoms with Crippen molar-refractivity contribution in [3.63, 3.8) is 0 Å². The summed E-state index contributed by atoms with van der Waals surface area (Å²) < 4.78 is 16.0. The molecule has 1 aliphatic rings. The van der Waals surface area contributed by atoms with E-state index >= 15 is 0 Å². The molecular weight excluding hydrogens is 206 g/mol. The van der Waals surface area contributed by atoms with Gasteiger partial charge in [0.25, 0.3) is 0 Å². The Balaban J connectivity index is 2.15. The molecule has 0 radical (unpaired) electrons. The normalized spacial score (nSPS) is 12.9. The summed E-state index contributed by atoms with van der Waals surface area (Å²) in [6.07, 6.45) is 1.12. The molecule has 1 aromatic rings. The second-order valence-corrected chi connectivity index (χ2v) is 3.69. The lowest BCUT2D eigenvalue weighted by molar-refractivity contribution is 0.174. The Morgan fingerprint density at radius 2 is 2.06 bits per heavy atom. The zero-order valence-electron chi connectivity index (χ0n) is 9.71. The van der Waals surface area contributed by atoms with Gasteiger partial charge < -0.3 is 19.5 Å². The van der Waals surface area contributed by atoms with E-state index < -0.39 is 0 Å². The first kappa shape index (κ1) is 11.1.